The molecule has 0 N–H and O–H groups in total. The normalized spacial score (nSPS) is 15.3. The maximum atomic E-state index is 13.2. The van der Waals surface area contributed by atoms with Crippen molar-refractivity contribution < 1.29 is 19.0 Å². The van der Waals surface area contributed by atoms with Crippen molar-refractivity contribution in [2.45, 2.75) is 38.6 Å². The van der Waals surface area contributed by atoms with Crippen LogP contribution < -0.4 is 19.1 Å². The van der Waals surface area contributed by atoms with Crippen LogP contribution in [0.3, 0.4) is 0 Å². The van der Waals surface area contributed by atoms with Crippen molar-refractivity contribution in [1.29, 1.82) is 0 Å². The van der Waals surface area contributed by atoms with E-state index >= 15 is 0 Å². The third kappa shape index (κ3) is 5.37. The van der Waals surface area contributed by atoms with Gasteiger partial charge < -0.3 is 24.0 Å². The van der Waals surface area contributed by atoms with Gasteiger partial charge >= 0.3 is 0 Å². The first-order valence-corrected chi connectivity index (χ1v) is 12.5. The molecule has 3 aromatic rings. The number of hydrogen-bond donors (Lipinski definition) is 0. The highest BCUT2D eigenvalue weighted by atomic mass is 16.5. The van der Waals surface area contributed by atoms with Crippen LogP contribution in [0.25, 0.3) is 0 Å². The fourth-order valence-electron chi connectivity index (χ4n) is 4.73. The molecule has 36 heavy (non-hydrogen) atoms. The zero-order valence-electron chi connectivity index (χ0n) is 20.9. The third-order valence-corrected chi connectivity index (χ3v) is 6.77. The number of piperidine rings is 1. The minimum absolute atomic E-state index is 0.0596. The van der Waals surface area contributed by atoms with Crippen molar-refractivity contribution >= 4 is 11.9 Å². The van der Waals surface area contributed by atoms with E-state index in [-0.39, 0.29) is 5.91 Å². The first-order chi connectivity index (χ1) is 17.6. The number of amides is 1. The van der Waals surface area contributed by atoms with E-state index in [0.29, 0.717) is 43.5 Å². The van der Waals surface area contributed by atoms with Gasteiger partial charge in [-0.05, 0) is 61.2 Å². The largest absolute Gasteiger partial charge is 0.497 e. The van der Waals surface area contributed by atoms with Gasteiger partial charge in [-0.25, -0.2) is 4.98 Å². The molecular formula is C28H32N4O4. The number of carbonyl (C=O) groups is 1. The molecule has 2 aromatic carbocycles. The van der Waals surface area contributed by atoms with Gasteiger partial charge in [0.15, 0.2) is 0 Å². The summed E-state index contributed by atoms with van der Waals surface area (Å²) in [5.41, 5.74) is 2.76. The Morgan fingerprint density at radius 2 is 1.64 bits per heavy atom. The zero-order chi connectivity index (χ0) is 24.9. The van der Waals surface area contributed by atoms with E-state index in [1.165, 1.54) is 6.42 Å². The lowest BCUT2D eigenvalue weighted by atomic mass is 10.0. The van der Waals surface area contributed by atoms with Gasteiger partial charge in [-0.1, -0.05) is 12.1 Å². The number of rotatable bonds is 7. The van der Waals surface area contributed by atoms with Gasteiger partial charge in [-0.3, -0.25) is 4.79 Å². The minimum Gasteiger partial charge on any atom is -0.497 e. The maximum Gasteiger partial charge on any atom is 0.229 e. The molecule has 0 unspecified atom stereocenters. The van der Waals surface area contributed by atoms with E-state index in [4.69, 9.17) is 24.2 Å². The van der Waals surface area contributed by atoms with Crippen LogP contribution in [-0.4, -0.2) is 54.6 Å². The Balaban J connectivity index is 1.41. The van der Waals surface area contributed by atoms with Crippen LogP contribution in [0.5, 0.6) is 23.1 Å². The summed E-state index contributed by atoms with van der Waals surface area (Å²) in [6.07, 6.45) is 4.50. The van der Waals surface area contributed by atoms with Gasteiger partial charge in [0, 0.05) is 26.1 Å². The number of nitrogens with zero attached hydrogens (tertiary/aromatic N) is 4. The predicted molar refractivity (Wildman–Crippen MR) is 137 cm³/mol. The Bertz CT molecular complexity index is 1210. The molecule has 8 nitrogen and oxygen atoms in total. The van der Waals surface area contributed by atoms with Gasteiger partial charge in [0.05, 0.1) is 38.4 Å². The van der Waals surface area contributed by atoms with Crippen LogP contribution in [0, 0.1) is 0 Å². The molecular weight excluding hydrogens is 456 g/mol. The molecule has 1 fully saturated rings. The topological polar surface area (TPSA) is 77.0 Å². The lowest BCUT2D eigenvalue weighted by Gasteiger charge is -2.32. The summed E-state index contributed by atoms with van der Waals surface area (Å²) < 4.78 is 16.9. The molecule has 8 heteroatoms. The van der Waals surface area contributed by atoms with Gasteiger partial charge in [-0.2, -0.15) is 4.98 Å². The third-order valence-electron chi connectivity index (χ3n) is 6.77. The summed E-state index contributed by atoms with van der Waals surface area (Å²) in [5.74, 6) is 3.47. The molecule has 0 aliphatic carbocycles. The predicted octanol–water partition coefficient (Wildman–Crippen LogP) is 4.40. The average Bonchev–Trinajstić information content (AvgIpc) is 2.93. The smallest absolute Gasteiger partial charge is 0.229 e. The van der Waals surface area contributed by atoms with Crippen LogP contribution in [0.4, 0.5) is 5.95 Å². The zero-order valence-corrected chi connectivity index (χ0v) is 20.9. The highest BCUT2D eigenvalue weighted by molar-refractivity contribution is 5.79. The van der Waals surface area contributed by atoms with Crippen LogP contribution in [0.1, 0.15) is 36.1 Å². The number of carbonyl (C=O) groups excluding carboxylic acids is 1. The summed E-state index contributed by atoms with van der Waals surface area (Å²) in [5, 5.41) is 0. The highest BCUT2D eigenvalue weighted by Gasteiger charge is 2.28. The number of methoxy groups -OCH3 is 2. The number of benzene rings is 2. The van der Waals surface area contributed by atoms with Gasteiger partial charge in [0.25, 0.3) is 0 Å². The summed E-state index contributed by atoms with van der Waals surface area (Å²) in [6.45, 7) is 2.94. The van der Waals surface area contributed by atoms with Crippen molar-refractivity contribution in [2.75, 3.05) is 38.8 Å². The standard InChI is InChI=1S/C28H32N4O4/c1-34-21-9-11-22(12-10-21)36-27-24-19-32(26(33)18-20-7-6-8-23(17-20)35-2)16-13-25(24)29-28(30-27)31-14-4-3-5-15-31/h6-12,17H,3-5,13-16,18-19H2,1-2H3. The lowest BCUT2D eigenvalue weighted by Crippen LogP contribution is -2.38. The second-order valence-corrected chi connectivity index (χ2v) is 9.17. The van der Waals surface area contributed by atoms with E-state index in [9.17, 15) is 4.79 Å². The van der Waals surface area contributed by atoms with E-state index < -0.39 is 0 Å². The monoisotopic (exact) mass is 488 g/mol. The summed E-state index contributed by atoms with van der Waals surface area (Å²) >= 11 is 0. The van der Waals surface area contributed by atoms with Crippen LogP contribution in [-0.2, 0) is 24.2 Å². The number of aromatic nitrogens is 2. The first kappa shape index (κ1) is 23.9. The quantitative estimate of drug-likeness (QED) is 0.488. The molecule has 188 valence electrons. The highest BCUT2D eigenvalue weighted by Crippen LogP contribution is 2.33. The number of anilines is 1. The summed E-state index contributed by atoms with van der Waals surface area (Å²) in [6, 6.07) is 15.1. The van der Waals surface area contributed by atoms with Gasteiger partial charge in [0.1, 0.15) is 17.2 Å². The molecule has 0 atom stereocenters. The minimum atomic E-state index is 0.0596. The average molecular weight is 489 g/mol. The Morgan fingerprint density at radius 3 is 2.39 bits per heavy atom. The van der Waals surface area contributed by atoms with E-state index in [0.717, 1.165) is 54.3 Å². The fourth-order valence-corrected chi connectivity index (χ4v) is 4.73. The lowest BCUT2D eigenvalue weighted by molar-refractivity contribution is -0.131. The molecule has 2 aliphatic heterocycles. The van der Waals surface area contributed by atoms with E-state index in [2.05, 4.69) is 4.90 Å². The van der Waals surface area contributed by atoms with Crippen molar-refractivity contribution in [2.24, 2.45) is 0 Å². The van der Waals surface area contributed by atoms with Crippen LogP contribution in [0.15, 0.2) is 48.5 Å². The summed E-state index contributed by atoms with van der Waals surface area (Å²) in [4.78, 5) is 27.1. The first-order valence-electron chi connectivity index (χ1n) is 12.5. The van der Waals surface area contributed by atoms with Crippen molar-refractivity contribution in [1.82, 2.24) is 14.9 Å². The summed E-state index contributed by atoms with van der Waals surface area (Å²) in [7, 11) is 3.27. The Kier molecular flexibility index (Phi) is 7.21. The van der Waals surface area contributed by atoms with Gasteiger partial charge in [0.2, 0.25) is 17.7 Å². The fraction of sp³-hybridized carbons (Fsp3) is 0.393. The molecule has 5 rings (SSSR count). The molecule has 3 heterocycles. The SMILES string of the molecule is COc1ccc(Oc2nc(N3CCCCC3)nc3c2CN(C(=O)Cc2cccc(OC)c2)CC3)cc1. The van der Waals surface area contributed by atoms with Crippen molar-refractivity contribution in [3.05, 3.63) is 65.4 Å². The Hall–Kier alpha value is -3.81. The molecule has 1 amide bonds. The molecule has 0 radical (unpaired) electrons. The number of fused-ring (bicyclic) bond motifs is 1. The van der Waals surface area contributed by atoms with Crippen LogP contribution in [0.2, 0.25) is 0 Å². The molecule has 1 aromatic heterocycles. The van der Waals surface area contributed by atoms with Crippen LogP contribution >= 0.6 is 0 Å². The molecule has 0 spiro atoms. The van der Waals surface area contributed by atoms with E-state index in [1.54, 1.807) is 14.2 Å². The second-order valence-electron chi connectivity index (χ2n) is 9.17. The number of hydrogen-bond acceptors (Lipinski definition) is 7. The Morgan fingerprint density at radius 1 is 0.889 bits per heavy atom. The molecule has 0 saturated carbocycles. The number of ether oxygens (including phenoxy) is 3. The van der Waals surface area contributed by atoms with Gasteiger partial charge in [-0.15, -0.1) is 0 Å². The Labute approximate surface area is 211 Å². The van der Waals surface area contributed by atoms with Crippen molar-refractivity contribution in [3.63, 3.8) is 0 Å². The van der Waals surface area contributed by atoms with E-state index in [1.807, 2.05) is 53.4 Å². The molecule has 2 aliphatic rings. The van der Waals surface area contributed by atoms with Crippen molar-refractivity contribution in [3.8, 4) is 23.1 Å². The molecule has 0 bridgehead atoms. The molecule has 1 saturated heterocycles. The maximum absolute atomic E-state index is 13.2. The second kappa shape index (κ2) is 10.8.